The number of ether oxygens (including phenoxy) is 1. The molecular formula is C18H22O2. The maximum atomic E-state index is 11.4. The highest BCUT2D eigenvalue weighted by atomic mass is 16.5. The molecule has 0 unspecified atom stereocenters. The molecule has 106 valence electrons. The maximum absolute atomic E-state index is 11.4. The molecule has 0 saturated heterocycles. The van der Waals surface area contributed by atoms with Gasteiger partial charge in [-0.2, -0.15) is 0 Å². The van der Waals surface area contributed by atoms with Gasteiger partial charge in [0.2, 0.25) is 0 Å². The molecule has 1 aromatic carbocycles. The summed E-state index contributed by atoms with van der Waals surface area (Å²) < 4.78 is 4.70. The zero-order chi connectivity index (χ0) is 14.4. The number of hydrogen-bond acceptors (Lipinski definition) is 2. The van der Waals surface area contributed by atoms with Crippen molar-refractivity contribution >= 4 is 11.5 Å². The Hall–Kier alpha value is -1.83. The molecule has 0 saturated carbocycles. The number of carbonyl (C=O) groups is 1. The Bertz CT molecular complexity index is 538. The van der Waals surface area contributed by atoms with Crippen LogP contribution in [0.3, 0.4) is 0 Å². The minimum absolute atomic E-state index is 0.296. The lowest BCUT2D eigenvalue weighted by molar-refractivity contribution is -0.134. The molecule has 0 amide bonds. The van der Waals surface area contributed by atoms with Crippen LogP contribution in [0, 0.1) is 0 Å². The monoisotopic (exact) mass is 270 g/mol. The van der Waals surface area contributed by atoms with Crippen LogP contribution in [-0.2, 0) is 16.0 Å². The topological polar surface area (TPSA) is 26.3 Å². The number of aryl methyl sites for hydroxylation is 1. The first-order chi connectivity index (χ1) is 9.76. The number of allylic oxidation sites excluding steroid dienone is 3. The van der Waals surface area contributed by atoms with E-state index in [0.717, 1.165) is 19.3 Å². The lowest BCUT2D eigenvalue weighted by atomic mass is 9.83. The van der Waals surface area contributed by atoms with Gasteiger partial charge in [-0.05, 0) is 48.5 Å². The summed E-state index contributed by atoms with van der Waals surface area (Å²) in [6.45, 7) is 2.21. The van der Waals surface area contributed by atoms with Crippen molar-refractivity contribution in [1.82, 2.24) is 0 Å². The van der Waals surface area contributed by atoms with Gasteiger partial charge in [-0.1, -0.05) is 43.2 Å². The van der Waals surface area contributed by atoms with Crippen LogP contribution in [0.1, 0.15) is 43.7 Å². The molecule has 0 radical (unpaired) electrons. The Morgan fingerprint density at radius 3 is 2.85 bits per heavy atom. The molecule has 2 heteroatoms. The second-order valence-electron chi connectivity index (χ2n) is 5.13. The van der Waals surface area contributed by atoms with Crippen molar-refractivity contribution in [2.24, 2.45) is 0 Å². The Balaban J connectivity index is 2.37. The quantitative estimate of drug-likeness (QED) is 0.589. The average molecular weight is 270 g/mol. The van der Waals surface area contributed by atoms with Crippen LogP contribution in [0.15, 0.2) is 42.0 Å². The first-order valence-electron chi connectivity index (χ1n) is 7.32. The fourth-order valence-electron chi connectivity index (χ4n) is 2.69. The second-order valence-corrected chi connectivity index (χ2v) is 5.13. The predicted octanol–water partition coefficient (Wildman–Crippen LogP) is 4.31. The summed E-state index contributed by atoms with van der Waals surface area (Å²) in [6.07, 6.45) is 9.17. The molecule has 0 aliphatic heterocycles. The van der Waals surface area contributed by atoms with Crippen molar-refractivity contribution < 1.29 is 9.53 Å². The summed E-state index contributed by atoms with van der Waals surface area (Å²) in [4.78, 5) is 11.4. The highest BCUT2D eigenvalue weighted by molar-refractivity contribution is 5.88. The third-order valence-corrected chi connectivity index (χ3v) is 3.80. The number of methoxy groups -OCH3 is 1. The Morgan fingerprint density at radius 2 is 2.10 bits per heavy atom. The van der Waals surface area contributed by atoms with E-state index < -0.39 is 0 Å². The molecule has 2 nitrogen and oxygen atoms in total. The van der Waals surface area contributed by atoms with E-state index in [1.54, 1.807) is 0 Å². The molecule has 0 fully saturated rings. The van der Waals surface area contributed by atoms with Crippen LogP contribution < -0.4 is 0 Å². The lowest BCUT2D eigenvalue weighted by Crippen LogP contribution is -2.05. The maximum Gasteiger partial charge on any atom is 0.330 e. The third-order valence-electron chi connectivity index (χ3n) is 3.80. The molecule has 0 N–H and O–H groups in total. The fraction of sp³-hybridized carbons (Fsp3) is 0.389. The second kappa shape index (κ2) is 7.09. The molecule has 1 aliphatic rings. The molecule has 2 rings (SSSR count). The molecular weight excluding hydrogens is 248 g/mol. The van der Waals surface area contributed by atoms with Gasteiger partial charge in [0.05, 0.1) is 7.11 Å². The van der Waals surface area contributed by atoms with Crippen molar-refractivity contribution in [2.75, 3.05) is 7.11 Å². The molecule has 0 aromatic heterocycles. The summed E-state index contributed by atoms with van der Waals surface area (Å²) in [5, 5.41) is 0. The highest BCUT2D eigenvalue weighted by Crippen LogP contribution is 2.34. The first kappa shape index (κ1) is 14.6. The minimum Gasteiger partial charge on any atom is -0.466 e. The van der Waals surface area contributed by atoms with Gasteiger partial charge in [0, 0.05) is 6.08 Å². The minimum atomic E-state index is -0.296. The van der Waals surface area contributed by atoms with E-state index in [1.165, 1.54) is 48.3 Å². The van der Waals surface area contributed by atoms with Crippen molar-refractivity contribution in [3.63, 3.8) is 0 Å². The van der Waals surface area contributed by atoms with Gasteiger partial charge in [0.1, 0.15) is 0 Å². The van der Waals surface area contributed by atoms with Gasteiger partial charge < -0.3 is 4.74 Å². The van der Waals surface area contributed by atoms with Crippen molar-refractivity contribution in [2.45, 2.75) is 39.0 Å². The van der Waals surface area contributed by atoms with Gasteiger partial charge in [-0.3, -0.25) is 0 Å². The van der Waals surface area contributed by atoms with Crippen molar-refractivity contribution in [3.8, 4) is 0 Å². The number of unbranched alkanes of at least 4 members (excludes halogenated alkanes) is 1. The smallest absolute Gasteiger partial charge is 0.330 e. The van der Waals surface area contributed by atoms with Crippen LogP contribution >= 0.6 is 0 Å². The van der Waals surface area contributed by atoms with Gasteiger partial charge in [0.15, 0.2) is 0 Å². The molecule has 0 spiro atoms. The van der Waals surface area contributed by atoms with E-state index in [1.807, 2.05) is 6.08 Å². The number of rotatable bonds is 5. The van der Waals surface area contributed by atoms with E-state index in [4.69, 9.17) is 4.74 Å². The summed E-state index contributed by atoms with van der Waals surface area (Å²) in [5.74, 6) is -0.296. The predicted molar refractivity (Wildman–Crippen MR) is 82.4 cm³/mol. The third kappa shape index (κ3) is 3.38. The van der Waals surface area contributed by atoms with Crippen LogP contribution in [0.5, 0.6) is 0 Å². The molecule has 0 atom stereocenters. The number of hydrogen-bond donors (Lipinski definition) is 0. The summed E-state index contributed by atoms with van der Waals surface area (Å²) >= 11 is 0. The van der Waals surface area contributed by atoms with E-state index in [9.17, 15) is 4.79 Å². The molecule has 1 aliphatic carbocycles. The van der Waals surface area contributed by atoms with Crippen LogP contribution in [0.2, 0.25) is 0 Å². The number of benzene rings is 1. The zero-order valence-electron chi connectivity index (χ0n) is 12.3. The molecule has 20 heavy (non-hydrogen) atoms. The van der Waals surface area contributed by atoms with Gasteiger partial charge in [-0.15, -0.1) is 0 Å². The van der Waals surface area contributed by atoms with Crippen LogP contribution in [0.25, 0.3) is 5.57 Å². The summed E-state index contributed by atoms with van der Waals surface area (Å²) in [5.41, 5.74) is 5.32. The van der Waals surface area contributed by atoms with Gasteiger partial charge in [-0.25, -0.2) is 4.79 Å². The summed E-state index contributed by atoms with van der Waals surface area (Å²) in [7, 11) is 1.41. The van der Waals surface area contributed by atoms with E-state index in [0.29, 0.717) is 0 Å². The van der Waals surface area contributed by atoms with Crippen molar-refractivity contribution in [3.05, 3.63) is 53.1 Å². The SMILES string of the molecule is CCCCC1=C(/C=C/C(=O)OC)c2ccccc2CC1. The molecule has 1 aromatic rings. The van der Waals surface area contributed by atoms with E-state index in [2.05, 4.69) is 31.2 Å². The lowest BCUT2D eigenvalue weighted by Gasteiger charge is -2.21. The number of fused-ring (bicyclic) bond motifs is 1. The van der Waals surface area contributed by atoms with E-state index >= 15 is 0 Å². The van der Waals surface area contributed by atoms with Gasteiger partial charge >= 0.3 is 5.97 Å². The van der Waals surface area contributed by atoms with Crippen LogP contribution in [-0.4, -0.2) is 13.1 Å². The highest BCUT2D eigenvalue weighted by Gasteiger charge is 2.16. The van der Waals surface area contributed by atoms with Gasteiger partial charge in [0.25, 0.3) is 0 Å². The Morgan fingerprint density at radius 1 is 1.30 bits per heavy atom. The van der Waals surface area contributed by atoms with Crippen molar-refractivity contribution in [1.29, 1.82) is 0 Å². The standard InChI is InChI=1S/C18H22O2/c1-3-4-7-14-10-11-15-8-5-6-9-16(15)17(14)12-13-18(19)20-2/h5-6,8-9,12-13H,3-4,7,10-11H2,1-2H3/b13-12+. The zero-order valence-corrected chi connectivity index (χ0v) is 12.3. The number of carbonyl (C=O) groups excluding carboxylic acids is 1. The average Bonchev–Trinajstić information content (AvgIpc) is 2.50. The molecule has 0 heterocycles. The Kier molecular flexibility index (Phi) is 5.16. The normalized spacial score (nSPS) is 14.5. The molecule has 0 bridgehead atoms. The largest absolute Gasteiger partial charge is 0.466 e. The summed E-state index contributed by atoms with van der Waals surface area (Å²) in [6, 6.07) is 8.47. The van der Waals surface area contributed by atoms with E-state index in [-0.39, 0.29) is 5.97 Å². The first-order valence-corrected chi connectivity index (χ1v) is 7.32. The fourth-order valence-corrected chi connectivity index (χ4v) is 2.69. The number of esters is 1. The van der Waals surface area contributed by atoms with Crippen LogP contribution in [0.4, 0.5) is 0 Å². The Labute approximate surface area is 121 Å².